The first-order valence-electron chi connectivity index (χ1n) is 15.1. The van der Waals surface area contributed by atoms with E-state index in [9.17, 15) is 18.0 Å². The topological polar surface area (TPSA) is 96.0 Å². The van der Waals surface area contributed by atoms with Crippen molar-refractivity contribution < 1.29 is 22.7 Å². The molecule has 3 aromatic carbocycles. The molecule has 0 aromatic heterocycles. The molecule has 0 aliphatic heterocycles. The Morgan fingerprint density at radius 3 is 2.20 bits per heavy atom. The Kier molecular flexibility index (Phi) is 11.3. The molecule has 1 N–H and O–H groups in total. The second kappa shape index (κ2) is 14.9. The minimum Gasteiger partial charge on any atom is -0.497 e. The molecule has 2 amide bonds. The van der Waals surface area contributed by atoms with Crippen LogP contribution >= 0.6 is 11.6 Å². The number of methoxy groups -OCH3 is 1. The van der Waals surface area contributed by atoms with Crippen LogP contribution in [0.2, 0.25) is 5.02 Å². The van der Waals surface area contributed by atoms with E-state index in [0.717, 1.165) is 53.1 Å². The van der Waals surface area contributed by atoms with Crippen molar-refractivity contribution in [3.8, 4) is 5.75 Å². The average Bonchev–Trinajstić information content (AvgIpc) is 3.02. The lowest BCUT2D eigenvalue weighted by Gasteiger charge is -2.34. The molecule has 3 aromatic rings. The molecule has 1 atom stereocenters. The Morgan fingerprint density at radius 2 is 1.61 bits per heavy atom. The molecule has 0 heterocycles. The van der Waals surface area contributed by atoms with Gasteiger partial charge in [-0.05, 0) is 98.3 Å². The van der Waals surface area contributed by atoms with E-state index in [1.165, 1.54) is 29.2 Å². The average molecular weight is 640 g/mol. The zero-order valence-corrected chi connectivity index (χ0v) is 27.5. The zero-order valence-electron chi connectivity index (χ0n) is 25.9. The summed E-state index contributed by atoms with van der Waals surface area (Å²) < 4.78 is 34.6. The monoisotopic (exact) mass is 639 g/mol. The third-order valence-electron chi connectivity index (χ3n) is 8.31. The van der Waals surface area contributed by atoms with Gasteiger partial charge in [0.25, 0.3) is 10.0 Å². The van der Waals surface area contributed by atoms with Gasteiger partial charge in [0.15, 0.2) is 0 Å². The van der Waals surface area contributed by atoms with E-state index in [-0.39, 0.29) is 23.4 Å². The van der Waals surface area contributed by atoms with Crippen LogP contribution in [-0.4, -0.2) is 50.9 Å². The Hall–Kier alpha value is -3.56. The summed E-state index contributed by atoms with van der Waals surface area (Å²) in [6.07, 6.45) is 5.46. The van der Waals surface area contributed by atoms with Crippen molar-refractivity contribution in [1.82, 2.24) is 10.2 Å². The minimum absolute atomic E-state index is 0.0108. The molecule has 0 bridgehead atoms. The number of ether oxygens (including phenoxy) is 1. The number of nitrogens with zero attached hydrogens (tertiary/aromatic N) is 2. The Labute approximate surface area is 266 Å². The van der Waals surface area contributed by atoms with Gasteiger partial charge in [-0.15, -0.1) is 0 Å². The van der Waals surface area contributed by atoms with Crippen LogP contribution in [0.3, 0.4) is 0 Å². The highest BCUT2D eigenvalue weighted by molar-refractivity contribution is 7.92. The SMILES string of the molecule is CC[C@H](C(=O)NC1CCCCC1)N(Cc1ccc(OC)cc1)C(=O)CN(c1ccc(C)c(C)c1)S(=O)(=O)c1ccc(Cl)cc1. The van der Waals surface area contributed by atoms with Crippen LogP contribution in [0.5, 0.6) is 5.75 Å². The molecule has 1 aliphatic rings. The lowest BCUT2D eigenvalue weighted by molar-refractivity contribution is -0.140. The summed E-state index contributed by atoms with van der Waals surface area (Å²) in [4.78, 5) is 29.5. The second-order valence-electron chi connectivity index (χ2n) is 11.4. The number of halogens is 1. The number of rotatable bonds is 12. The smallest absolute Gasteiger partial charge is 0.264 e. The number of amides is 2. The number of carbonyl (C=O) groups is 2. The molecule has 1 fully saturated rings. The number of sulfonamides is 1. The summed E-state index contributed by atoms with van der Waals surface area (Å²) in [5.74, 6) is -0.0366. The zero-order chi connectivity index (χ0) is 31.9. The maximum absolute atomic E-state index is 14.3. The van der Waals surface area contributed by atoms with Gasteiger partial charge in [-0.2, -0.15) is 0 Å². The van der Waals surface area contributed by atoms with Gasteiger partial charge in [-0.25, -0.2) is 8.42 Å². The van der Waals surface area contributed by atoms with E-state index in [1.807, 2.05) is 39.0 Å². The van der Waals surface area contributed by atoms with E-state index in [2.05, 4.69) is 5.32 Å². The summed E-state index contributed by atoms with van der Waals surface area (Å²) in [6, 6.07) is 17.7. The standard InChI is InChI=1S/C34H42ClN3O5S/c1-5-32(34(40)36-28-9-7-6-8-10-28)37(22-26-12-17-30(43-4)18-13-26)33(39)23-38(29-16-11-24(2)25(3)21-29)44(41,42)31-19-14-27(35)15-20-31/h11-21,28,32H,5-10,22-23H2,1-4H3,(H,36,40)/t32-/m1/s1. The van der Waals surface area contributed by atoms with Crippen LogP contribution < -0.4 is 14.4 Å². The van der Waals surface area contributed by atoms with Gasteiger partial charge in [0.2, 0.25) is 11.8 Å². The first kappa shape index (κ1) is 33.3. The summed E-state index contributed by atoms with van der Waals surface area (Å²) in [5.41, 5.74) is 3.04. The van der Waals surface area contributed by atoms with Gasteiger partial charge in [0.1, 0.15) is 18.3 Å². The number of benzene rings is 3. The van der Waals surface area contributed by atoms with Crippen molar-refractivity contribution in [2.75, 3.05) is 18.0 Å². The summed E-state index contributed by atoms with van der Waals surface area (Å²) in [6.45, 7) is 5.34. The molecular weight excluding hydrogens is 598 g/mol. The molecular formula is C34H42ClN3O5S. The van der Waals surface area contributed by atoms with Crippen LogP contribution in [0.15, 0.2) is 71.6 Å². The molecule has 1 saturated carbocycles. The molecule has 0 unspecified atom stereocenters. The number of carbonyl (C=O) groups excluding carboxylic acids is 2. The summed E-state index contributed by atoms with van der Waals surface area (Å²) in [5, 5.41) is 3.57. The molecule has 8 nitrogen and oxygen atoms in total. The fourth-order valence-electron chi connectivity index (χ4n) is 5.53. The van der Waals surface area contributed by atoms with E-state index in [1.54, 1.807) is 31.4 Å². The highest BCUT2D eigenvalue weighted by Gasteiger charge is 2.34. The highest BCUT2D eigenvalue weighted by atomic mass is 35.5. The minimum atomic E-state index is -4.18. The van der Waals surface area contributed by atoms with Crippen LogP contribution in [0.1, 0.15) is 62.1 Å². The first-order valence-corrected chi connectivity index (χ1v) is 16.9. The van der Waals surface area contributed by atoms with Crippen molar-refractivity contribution in [3.05, 3.63) is 88.4 Å². The molecule has 4 rings (SSSR count). The maximum atomic E-state index is 14.3. The Balaban J connectivity index is 1.72. The van der Waals surface area contributed by atoms with E-state index in [0.29, 0.717) is 22.9 Å². The van der Waals surface area contributed by atoms with Gasteiger partial charge in [0.05, 0.1) is 17.7 Å². The number of aryl methyl sites for hydroxylation is 2. The lowest BCUT2D eigenvalue weighted by Crippen LogP contribution is -2.54. The van der Waals surface area contributed by atoms with Crippen molar-refractivity contribution in [1.29, 1.82) is 0 Å². The number of anilines is 1. The normalized spacial score (nSPS) is 14.5. The third kappa shape index (κ3) is 8.12. The highest BCUT2D eigenvalue weighted by Crippen LogP contribution is 2.28. The van der Waals surface area contributed by atoms with E-state index >= 15 is 0 Å². The van der Waals surface area contributed by atoms with Gasteiger partial charge in [-0.3, -0.25) is 13.9 Å². The third-order valence-corrected chi connectivity index (χ3v) is 10.3. The fraction of sp³-hybridized carbons (Fsp3) is 0.412. The predicted octanol–water partition coefficient (Wildman–Crippen LogP) is 6.42. The number of nitrogens with one attached hydrogen (secondary N) is 1. The largest absolute Gasteiger partial charge is 0.497 e. The van der Waals surface area contributed by atoms with Gasteiger partial charge < -0.3 is 15.0 Å². The van der Waals surface area contributed by atoms with E-state index in [4.69, 9.17) is 16.3 Å². The van der Waals surface area contributed by atoms with Gasteiger partial charge in [-0.1, -0.05) is 56.0 Å². The molecule has 0 saturated heterocycles. The summed E-state index contributed by atoms with van der Waals surface area (Å²) >= 11 is 6.05. The molecule has 0 spiro atoms. The van der Waals surface area contributed by atoms with Crippen molar-refractivity contribution >= 4 is 39.1 Å². The molecule has 44 heavy (non-hydrogen) atoms. The molecule has 0 radical (unpaired) electrons. The van der Waals surface area contributed by atoms with E-state index < -0.39 is 28.5 Å². The van der Waals surface area contributed by atoms with Gasteiger partial charge >= 0.3 is 0 Å². The summed E-state index contributed by atoms with van der Waals surface area (Å²) in [7, 11) is -2.60. The lowest BCUT2D eigenvalue weighted by atomic mass is 9.95. The first-order chi connectivity index (χ1) is 21.0. The van der Waals surface area contributed by atoms with Crippen molar-refractivity contribution in [3.63, 3.8) is 0 Å². The van der Waals surface area contributed by atoms with Crippen molar-refractivity contribution in [2.45, 2.75) is 82.8 Å². The Bertz CT molecular complexity index is 1540. The number of hydrogen-bond donors (Lipinski definition) is 1. The fourth-order valence-corrected chi connectivity index (χ4v) is 7.07. The van der Waals surface area contributed by atoms with Crippen LogP contribution in [0.4, 0.5) is 5.69 Å². The van der Waals surface area contributed by atoms with Crippen LogP contribution in [0.25, 0.3) is 0 Å². The van der Waals surface area contributed by atoms with Crippen molar-refractivity contribution in [2.24, 2.45) is 0 Å². The molecule has 1 aliphatic carbocycles. The predicted molar refractivity (Wildman–Crippen MR) is 175 cm³/mol. The number of hydrogen-bond acceptors (Lipinski definition) is 5. The maximum Gasteiger partial charge on any atom is 0.264 e. The Morgan fingerprint density at radius 1 is 0.955 bits per heavy atom. The van der Waals surface area contributed by atoms with Crippen LogP contribution in [-0.2, 0) is 26.2 Å². The van der Waals surface area contributed by atoms with Crippen LogP contribution in [0, 0.1) is 13.8 Å². The van der Waals surface area contributed by atoms with Gasteiger partial charge in [0, 0.05) is 17.6 Å². The second-order valence-corrected chi connectivity index (χ2v) is 13.7. The molecule has 10 heteroatoms. The quantitative estimate of drug-likeness (QED) is 0.247. The molecule has 236 valence electrons.